The van der Waals surface area contributed by atoms with Crippen molar-refractivity contribution in [3.05, 3.63) is 35.1 Å². The molecular formula is C11H13ClN4O2S2. The van der Waals surface area contributed by atoms with Crippen LogP contribution in [-0.4, -0.2) is 42.8 Å². The SMILES string of the molecule is CN(CCNc1cncc(Cl)n1)S(=O)(=O)c1cccs1. The first-order valence-corrected chi connectivity index (χ1v) is 8.41. The fourth-order valence-corrected chi connectivity index (χ4v) is 3.97. The molecule has 2 rings (SSSR count). The highest BCUT2D eigenvalue weighted by Gasteiger charge is 2.21. The van der Waals surface area contributed by atoms with Crippen LogP contribution >= 0.6 is 22.9 Å². The van der Waals surface area contributed by atoms with Crippen molar-refractivity contribution < 1.29 is 8.42 Å². The second kappa shape index (κ2) is 6.49. The lowest BCUT2D eigenvalue weighted by Gasteiger charge is -2.16. The molecule has 108 valence electrons. The smallest absolute Gasteiger partial charge is 0.252 e. The number of thiophene rings is 1. The zero-order valence-electron chi connectivity index (χ0n) is 10.7. The van der Waals surface area contributed by atoms with Crippen LogP contribution in [0.1, 0.15) is 0 Å². The molecule has 0 radical (unpaired) electrons. The summed E-state index contributed by atoms with van der Waals surface area (Å²) in [5.74, 6) is 0.513. The van der Waals surface area contributed by atoms with Crippen LogP contribution in [0.25, 0.3) is 0 Å². The largest absolute Gasteiger partial charge is 0.367 e. The number of hydrogen-bond donors (Lipinski definition) is 1. The Balaban J connectivity index is 1.91. The van der Waals surface area contributed by atoms with Crippen molar-refractivity contribution >= 4 is 38.8 Å². The summed E-state index contributed by atoms with van der Waals surface area (Å²) in [7, 11) is -1.87. The molecule has 0 fully saturated rings. The van der Waals surface area contributed by atoms with Crippen LogP contribution in [0.4, 0.5) is 5.82 Å². The Kier molecular flexibility index (Phi) is 4.92. The third-order valence-electron chi connectivity index (χ3n) is 2.50. The van der Waals surface area contributed by atoms with Gasteiger partial charge >= 0.3 is 0 Å². The average molecular weight is 333 g/mol. The number of anilines is 1. The molecule has 0 aliphatic rings. The van der Waals surface area contributed by atoms with E-state index in [0.717, 1.165) is 0 Å². The molecule has 2 aromatic heterocycles. The molecule has 0 aliphatic carbocycles. The summed E-state index contributed by atoms with van der Waals surface area (Å²) in [6, 6.07) is 3.30. The molecule has 6 nitrogen and oxygen atoms in total. The first-order valence-electron chi connectivity index (χ1n) is 5.71. The summed E-state index contributed by atoms with van der Waals surface area (Å²) in [6.45, 7) is 0.727. The number of nitrogens with zero attached hydrogens (tertiary/aromatic N) is 3. The Morgan fingerprint density at radius 2 is 2.25 bits per heavy atom. The summed E-state index contributed by atoms with van der Waals surface area (Å²) < 4.78 is 25.9. The van der Waals surface area contributed by atoms with Gasteiger partial charge in [-0.1, -0.05) is 17.7 Å². The Labute approximate surface area is 126 Å². The van der Waals surface area contributed by atoms with E-state index in [-0.39, 0.29) is 5.15 Å². The van der Waals surface area contributed by atoms with E-state index in [1.165, 1.54) is 28.0 Å². The van der Waals surface area contributed by atoms with E-state index in [9.17, 15) is 8.42 Å². The lowest BCUT2D eigenvalue weighted by atomic mass is 10.6. The molecular weight excluding hydrogens is 320 g/mol. The quantitative estimate of drug-likeness (QED) is 0.874. The van der Waals surface area contributed by atoms with Gasteiger partial charge in [0, 0.05) is 20.1 Å². The van der Waals surface area contributed by atoms with Gasteiger partial charge in [0.25, 0.3) is 10.0 Å². The molecule has 2 aromatic rings. The number of aromatic nitrogens is 2. The summed E-state index contributed by atoms with van der Waals surface area (Å²) >= 11 is 6.91. The second-order valence-corrected chi connectivity index (χ2v) is 7.52. The van der Waals surface area contributed by atoms with Gasteiger partial charge in [-0.2, -0.15) is 4.31 Å². The van der Waals surface area contributed by atoms with Crippen LogP contribution in [0.3, 0.4) is 0 Å². The summed E-state index contributed by atoms with van der Waals surface area (Å²) in [6.07, 6.45) is 2.96. The van der Waals surface area contributed by atoms with Gasteiger partial charge in [0.15, 0.2) is 0 Å². The molecule has 9 heteroatoms. The average Bonchev–Trinajstić information content (AvgIpc) is 2.93. The van der Waals surface area contributed by atoms with Gasteiger partial charge in [-0.3, -0.25) is 4.98 Å². The molecule has 0 bridgehead atoms. The molecule has 0 amide bonds. The van der Waals surface area contributed by atoms with Crippen molar-refractivity contribution in [1.29, 1.82) is 0 Å². The van der Waals surface area contributed by atoms with E-state index in [1.54, 1.807) is 24.6 Å². The van der Waals surface area contributed by atoms with Crippen LogP contribution < -0.4 is 5.32 Å². The van der Waals surface area contributed by atoms with E-state index >= 15 is 0 Å². The van der Waals surface area contributed by atoms with Crippen LogP contribution in [0.5, 0.6) is 0 Å². The molecule has 0 spiro atoms. The number of nitrogens with one attached hydrogen (secondary N) is 1. The minimum Gasteiger partial charge on any atom is -0.367 e. The minimum absolute atomic E-state index is 0.287. The maximum Gasteiger partial charge on any atom is 0.252 e. The summed E-state index contributed by atoms with van der Waals surface area (Å²) in [5.41, 5.74) is 0. The van der Waals surface area contributed by atoms with Gasteiger partial charge in [0.2, 0.25) is 0 Å². The predicted octanol–water partition coefficient (Wildman–Crippen LogP) is 1.92. The zero-order chi connectivity index (χ0) is 14.6. The highest BCUT2D eigenvalue weighted by molar-refractivity contribution is 7.91. The van der Waals surface area contributed by atoms with Crippen molar-refractivity contribution in [2.45, 2.75) is 4.21 Å². The van der Waals surface area contributed by atoms with E-state index in [4.69, 9.17) is 11.6 Å². The van der Waals surface area contributed by atoms with Gasteiger partial charge in [-0.05, 0) is 11.4 Å². The Morgan fingerprint density at radius 3 is 2.90 bits per heavy atom. The first-order chi connectivity index (χ1) is 9.50. The van der Waals surface area contributed by atoms with Gasteiger partial charge in [-0.25, -0.2) is 13.4 Å². The maximum absolute atomic E-state index is 12.1. The Hall–Kier alpha value is -1.22. The number of likely N-dealkylation sites (N-methyl/N-ethyl adjacent to an activating group) is 1. The Morgan fingerprint density at radius 1 is 1.45 bits per heavy atom. The topological polar surface area (TPSA) is 75.2 Å². The molecule has 0 saturated heterocycles. The standard InChI is InChI=1S/C11H13ClN4O2S2/c1-16(20(17,18)11-3-2-6-19-11)5-4-14-10-8-13-7-9(12)15-10/h2-3,6-8H,4-5H2,1H3,(H,14,15). The number of halogens is 1. The molecule has 2 heterocycles. The van der Waals surface area contributed by atoms with Gasteiger partial charge in [-0.15, -0.1) is 11.3 Å². The van der Waals surface area contributed by atoms with Crippen molar-refractivity contribution in [2.75, 3.05) is 25.5 Å². The third-order valence-corrected chi connectivity index (χ3v) is 5.91. The predicted molar refractivity (Wildman–Crippen MR) is 79.7 cm³/mol. The number of sulfonamides is 1. The van der Waals surface area contributed by atoms with Gasteiger partial charge in [0.1, 0.15) is 15.2 Å². The number of hydrogen-bond acceptors (Lipinski definition) is 6. The molecule has 0 atom stereocenters. The molecule has 0 aromatic carbocycles. The lowest BCUT2D eigenvalue weighted by Crippen LogP contribution is -2.31. The van der Waals surface area contributed by atoms with E-state index < -0.39 is 10.0 Å². The molecule has 0 saturated carbocycles. The van der Waals surface area contributed by atoms with Crippen molar-refractivity contribution in [1.82, 2.24) is 14.3 Å². The van der Waals surface area contributed by atoms with Crippen LogP contribution in [0.2, 0.25) is 5.15 Å². The first kappa shape index (κ1) is 15.2. The maximum atomic E-state index is 12.1. The van der Waals surface area contributed by atoms with Crippen LogP contribution in [-0.2, 0) is 10.0 Å². The molecule has 0 unspecified atom stereocenters. The van der Waals surface area contributed by atoms with Crippen molar-refractivity contribution in [3.8, 4) is 0 Å². The lowest BCUT2D eigenvalue weighted by molar-refractivity contribution is 0.482. The van der Waals surface area contributed by atoms with Crippen LogP contribution in [0, 0.1) is 0 Å². The summed E-state index contributed by atoms with van der Waals surface area (Å²) in [4.78, 5) is 7.89. The van der Waals surface area contributed by atoms with E-state index in [1.807, 2.05) is 0 Å². The molecule has 1 N–H and O–H groups in total. The Bertz CT molecular complexity index is 661. The fourth-order valence-electron chi connectivity index (χ4n) is 1.45. The highest BCUT2D eigenvalue weighted by Crippen LogP contribution is 2.19. The summed E-state index contributed by atoms with van der Waals surface area (Å²) in [5, 5.41) is 5.00. The molecule has 0 aliphatic heterocycles. The zero-order valence-corrected chi connectivity index (χ0v) is 13.0. The fraction of sp³-hybridized carbons (Fsp3) is 0.273. The van der Waals surface area contributed by atoms with Gasteiger partial charge < -0.3 is 5.32 Å². The van der Waals surface area contributed by atoms with Gasteiger partial charge in [0.05, 0.1) is 12.4 Å². The third kappa shape index (κ3) is 3.66. The highest BCUT2D eigenvalue weighted by atomic mass is 35.5. The minimum atomic E-state index is -3.41. The van der Waals surface area contributed by atoms with E-state index in [0.29, 0.717) is 23.1 Å². The second-order valence-electron chi connectivity index (χ2n) is 3.91. The monoisotopic (exact) mass is 332 g/mol. The van der Waals surface area contributed by atoms with Crippen molar-refractivity contribution in [2.24, 2.45) is 0 Å². The van der Waals surface area contributed by atoms with Crippen LogP contribution in [0.15, 0.2) is 34.1 Å². The van der Waals surface area contributed by atoms with E-state index in [2.05, 4.69) is 15.3 Å². The molecule has 20 heavy (non-hydrogen) atoms. The number of rotatable bonds is 6. The normalized spacial score (nSPS) is 11.8. The van der Waals surface area contributed by atoms with Crippen molar-refractivity contribution in [3.63, 3.8) is 0 Å².